The molecular weight excluding hydrogens is 350 g/mol. The monoisotopic (exact) mass is 368 g/mol. The van der Waals surface area contributed by atoms with Crippen LogP contribution in [0.4, 0.5) is 8.78 Å². The van der Waals surface area contributed by atoms with Crippen molar-refractivity contribution in [1.29, 1.82) is 0 Å². The number of rotatable bonds is 4. The average molecular weight is 369 g/mol. The van der Waals surface area contributed by atoms with Crippen LogP contribution in [0.25, 0.3) is 11.2 Å². The lowest BCUT2D eigenvalue weighted by Gasteiger charge is -2.28. The van der Waals surface area contributed by atoms with E-state index < -0.39 is 11.9 Å². The molecule has 0 unspecified atom stereocenters. The predicted octanol–water partition coefficient (Wildman–Crippen LogP) is 5.09. The van der Waals surface area contributed by atoms with Gasteiger partial charge in [0.25, 0.3) is 0 Å². The van der Waals surface area contributed by atoms with Gasteiger partial charge in [-0.05, 0) is 43.7 Å². The summed E-state index contributed by atoms with van der Waals surface area (Å²) in [7, 11) is 0. The molecule has 0 aromatic carbocycles. The molecule has 3 rings (SSSR count). The Morgan fingerprint density at radius 3 is 2.68 bits per heavy atom. The molecule has 2 heterocycles. The highest BCUT2D eigenvalue weighted by molar-refractivity contribution is 6.33. The third-order valence-corrected chi connectivity index (χ3v) is 5.07. The molecule has 1 N–H and O–H groups in total. The molecule has 4 nitrogen and oxygen atoms in total. The molecule has 1 fully saturated rings. The molecular formula is C18H19ClF2N2O2. The number of halogens is 3. The van der Waals surface area contributed by atoms with E-state index in [1.54, 1.807) is 4.40 Å². The van der Waals surface area contributed by atoms with Crippen molar-refractivity contribution in [2.24, 2.45) is 5.92 Å². The molecule has 0 saturated heterocycles. The van der Waals surface area contributed by atoms with E-state index in [0.29, 0.717) is 30.6 Å². The Hall–Kier alpha value is -1.95. The van der Waals surface area contributed by atoms with E-state index in [1.165, 1.54) is 12.3 Å². The summed E-state index contributed by atoms with van der Waals surface area (Å²) in [6, 6.07) is 1.43. The largest absolute Gasteiger partial charge is 0.478 e. The third-order valence-electron chi connectivity index (χ3n) is 4.76. The Labute approximate surface area is 149 Å². The molecule has 2 aromatic heterocycles. The van der Waals surface area contributed by atoms with Crippen molar-refractivity contribution in [3.63, 3.8) is 0 Å². The van der Waals surface area contributed by atoms with Crippen LogP contribution in [0.15, 0.2) is 18.8 Å². The van der Waals surface area contributed by atoms with Crippen LogP contribution in [0.1, 0.15) is 54.4 Å². The van der Waals surface area contributed by atoms with Crippen molar-refractivity contribution >= 4 is 28.8 Å². The van der Waals surface area contributed by atoms with E-state index in [-0.39, 0.29) is 29.3 Å². The number of allylic oxidation sites excluding steroid dienone is 1. The van der Waals surface area contributed by atoms with Crippen LogP contribution in [0.3, 0.4) is 0 Å². The number of imidazole rings is 1. The van der Waals surface area contributed by atoms with Gasteiger partial charge in [0.2, 0.25) is 5.92 Å². The van der Waals surface area contributed by atoms with Gasteiger partial charge in [-0.15, -0.1) is 0 Å². The SMILES string of the molecule is C=C(C)c1nc2cc(C(=O)O)c(Cl)cn2c1CC1CCC(F)(F)CC1. The number of hydrogen-bond acceptors (Lipinski definition) is 2. The van der Waals surface area contributed by atoms with E-state index in [0.717, 1.165) is 11.3 Å². The highest BCUT2D eigenvalue weighted by Crippen LogP contribution is 2.38. The van der Waals surface area contributed by atoms with Crippen molar-refractivity contribution in [3.8, 4) is 0 Å². The van der Waals surface area contributed by atoms with Gasteiger partial charge < -0.3 is 9.51 Å². The summed E-state index contributed by atoms with van der Waals surface area (Å²) >= 11 is 6.09. The van der Waals surface area contributed by atoms with E-state index in [9.17, 15) is 18.7 Å². The summed E-state index contributed by atoms with van der Waals surface area (Å²) in [5, 5.41) is 9.32. The lowest BCUT2D eigenvalue weighted by Crippen LogP contribution is -2.25. The lowest BCUT2D eigenvalue weighted by molar-refractivity contribution is -0.0457. The van der Waals surface area contributed by atoms with Crippen LogP contribution in [0.5, 0.6) is 0 Å². The first-order valence-corrected chi connectivity index (χ1v) is 8.53. The standard InChI is InChI=1S/C18H19ClF2N2O2/c1-10(2)16-14(7-11-3-5-18(20,21)6-4-11)23-9-13(19)12(17(24)25)8-15(23)22-16/h8-9,11H,1,3-7H2,2H3,(H,24,25). The van der Waals surface area contributed by atoms with Crippen LogP contribution < -0.4 is 0 Å². The van der Waals surface area contributed by atoms with Crippen molar-refractivity contribution in [1.82, 2.24) is 9.38 Å². The molecule has 0 spiro atoms. The van der Waals surface area contributed by atoms with Gasteiger partial charge in [-0.25, -0.2) is 18.6 Å². The smallest absolute Gasteiger partial charge is 0.337 e. The lowest BCUT2D eigenvalue weighted by atomic mass is 9.83. The van der Waals surface area contributed by atoms with Crippen LogP contribution in [0.2, 0.25) is 5.02 Å². The maximum Gasteiger partial charge on any atom is 0.337 e. The first-order chi connectivity index (χ1) is 11.7. The van der Waals surface area contributed by atoms with Crippen molar-refractivity contribution < 1.29 is 18.7 Å². The number of carbonyl (C=O) groups is 1. The van der Waals surface area contributed by atoms with Crippen molar-refractivity contribution in [3.05, 3.63) is 40.8 Å². The zero-order valence-electron chi connectivity index (χ0n) is 13.9. The van der Waals surface area contributed by atoms with Crippen LogP contribution in [-0.2, 0) is 6.42 Å². The number of carboxylic acids is 1. The zero-order valence-corrected chi connectivity index (χ0v) is 14.6. The first-order valence-electron chi connectivity index (χ1n) is 8.15. The van der Waals surface area contributed by atoms with E-state index in [1.807, 2.05) is 6.92 Å². The number of carboxylic acid groups (broad SMARTS) is 1. The molecule has 25 heavy (non-hydrogen) atoms. The molecule has 1 saturated carbocycles. The second-order valence-electron chi connectivity index (χ2n) is 6.76. The Morgan fingerprint density at radius 2 is 2.12 bits per heavy atom. The normalized spacial score (nSPS) is 17.8. The molecule has 0 aliphatic heterocycles. The molecule has 0 atom stereocenters. The molecule has 7 heteroatoms. The maximum absolute atomic E-state index is 13.4. The minimum atomic E-state index is -2.56. The van der Waals surface area contributed by atoms with Gasteiger partial charge >= 0.3 is 5.97 Å². The Morgan fingerprint density at radius 1 is 1.48 bits per heavy atom. The van der Waals surface area contributed by atoms with Crippen molar-refractivity contribution in [2.45, 2.75) is 45.0 Å². The van der Waals surface area contributed by atoms with E-state index in [2.05, 4.69) is 11.6 Å². The van der Waals surface area contributed by atoms with Gasteiger partial charge in [-0.3, -0.25) is 0 Å². The van der Waals surface area contributed by atoms with Crippen LogP contribution in [0, 0.1) is 5.92 Å². The summed E-state index contributed by atoms with van der Waals surface area (Å²) < 4.78 is 28.5. The minimum Gasteiger partial charge on any atom is -0.478 e. The fourth-order valence-corrected chi connectivity index (χ4v) is 3.62. The van der Waals surface area contributed by atoms with Gasteiger partial charge in [-0.2, -0.15) is 0 Å². The molecule has 0 bridgehead atoms. The highest BCUT2D eigenvalue weighted by Gasteiger charge is 2.35. The third kappa shape index (κ3) is 3.54. The average Bonchev–Trinajstić information content (AvgIpc) is 2.86. The van der Waals surface area contributed by atoms with Crippen LogP contribution >= 0.6 is 11.6 Å². The molecule has 0 radical (unpaired) electrons. The Bertz CT molecular complexity index is 850. The molecule has 1 aliphatic carbocycles. The topological polar surface area (TPSA) is 54.6 Å². The Kier molecular flexibility index (Phi) is 4.58. The molecule has 134 valence electrons. The minimum absolute atomic E-state index is 0.0173. The molecule has 0 amide bonds. The Balaban J connectivity index is 2.01. The number of aromatic nitrogens is 2. The van der Waals surface area contributed by atoms with Gasteiger partial charge in [0.05, 0.1) is 22.0 Å². The van der Waals surface area contributed by atoms with Gasteiger partial charge in [0.15, 0.2) is 0 Å². The van der Waals surface area contributed by atoms with Gasteiger partial charge in [0.1, 0.15) is 5.65 Å². The first kappa shape index (κ1) is 17.9. The second-order valence-corrected chi connectivity index (χ2v) is 7.17. The van der Waals surface area contributed by atoms with Gasteiger partial charge in [0, 0.05) is 19.0 Å². The van der Waals surface area contributed by atoms with E-state index >= 15 is 0 Å². The number of alkyl halides is 2. The number of fused-ring (bicyclic) bond motifs is 1. The van der Waals surface area contributed by atoms with Gasteiger partial charge in [-0.1, -0.05) is 18.2 Å². The zero-order chi connectivity index (χ0) is 18.4. The number of nitrogens with zero attached hydrogens (tertiary/aromatic N) is 2. The number of pyridine rings is 1. The summed E-state index contributed by atoms with van der Waals surface area (Å²) in [5.74, 6) is -3.55. The maximum atomic E-state index is 13.4. The summed E-state index contributed by atoms with van der Waals surface area (Å²) in [5.41, 5.74) is 2.72. The fourth-order valence-electron chi connectivity index (χ4n) is 3.39. The summed E-state index contributed by atoms with van der Waals surface area (Å²) in [4.78, 5) is 15.7. The quantitative estimate of drug-likeness (QED) is 0.818. The van der Waals surface area contributed by atoms with E-state index in [4.69, 9.17) is 11.6 Å². The second kappa shape index (κ2) is 6.41. The van der Waals surface area contributed by atoms with Crippen LogP contribution in [-0.4, -0.2) is 26.4 Å². The summed E-state index contributed by atoms with van der Waals surface area (Å²) in [6.45, 7) is 5.75. The molecule has 2 aromatic rings. The predicted molar refractivity (Wildman–Crippen MR) is 92.5 cm³/mol. The number of hydrogen-bond donors (Lipinski definition) is 1. The fraction of sp³-hybridized carbons (Fsp3) is 0.444. The van der Waals surface area contributed by atoms with Crippen molar-refractivity contribution in [2.75, 3.05) is 0 Å². The molecule has 1 aliphatic rings. The summed E-state index contributed by atoms with van der Waals surface area (Å²) in [6.07, 6.45) is 2.84. The number of aromatic carboxylic acids is 1. The highest BCUT2D eigenvalue weighted by atomic mass is 35.5.